The van der Waals surface area contributed by atoms with Crippen LogP contribution in [0.1, 0.15) is 71.6 Å². The SMILES string of the molecule is C=C(CC)C(CCCC)CC(CP)=C1CCCC1. The van der Waals surface area contributed by atoms with Gasteiger partial charge in [-0.2, -0.15) is 0 Å². The van der Waals surface area contributed by atoms with E-state index in [4.69, 9.17) is 0 Å². The van der Waals surface area contributed by atoms with E-state index < -0.39 is 0 Å². The Balaban J connectivity index is 2.67. The van der Waals surface area contributed by atoms with Crippen LogP contribution in [0.3, 0.4) is 0 Å². The van der Waals surface area contributed by atoms with Crippen LogP contribution in [0.15, 0.2) is 23.3 Å². The maximum atomic E-state index is 4.31. The third-order valence-electron chi connectivity index (χ3n) is 4.38. The molecular weight excluding hydrogens is 235 g/mol. The molecule has 2 atom stereocenters. The van der Waals surface area contributed by atoms with E-state index in [-0.39, 0.29) is 0 Å². The van der Waals surface area contributed by atoms with Crippen molar-refractivity contribution in [3.63, 3.8) is 0 Å². The molecule has 1 rings (SSSR count). The maximum Gasteiger partial charge on any atom is -0.0167 e. The summed E-state index contributed by atoms with van der Waals surface area (Å²) in [5.41, 5.74) is 4.97. The molecule has 0 aromatic heterocycles. The molecule has 2 unspecified atom stereocenters. The van der Waals surface area contributed by atoms with E-state index in [2.05, 4.69) is 29.7 Å². The van der Waals surface area contributed by atoms with Crippen LogP contribution in [0.4, 0.5) is 0 Å². The van der Waals surface area contributed by atoms with Crippen molar-refractivity contribution in [2.24, 2.45) is 5.92 Å². The van der Waals surface area contributed by atoms with Gasteiger partial charge in [0.2, 0.25) is 0 Å². The molecule has 0 bridgehead atoms. The molecule has 0 spiro atoms. The van der Waals surface area contributed by atoms with Gasteiger partial charge in [0, 0.05) is 0 Å². The van der Waals surface area contributed by atoms with Crippen LogP contribution in [0.25, 0.3) is 0 Å². The molecule has 104 valence electrons. The average Bonchev–Trinajstić information content (AvgIpc) is 2.92. The highest BCUT2D eigenvalue weighted by Gasteiger charge is 2.17. The van der Waals surface area contributed by atoms with Gasteiger partial charge in [0.25, 0.3) is 0 Å². The molecule has 0 N–H and O–H groups in total. The molecule has 0 amide bonds. The lowest BCUT2D eigenvalue weighted by atomic mass is 9.86. The van der Waals surface area contributed by atoms with Crippen molar-refractivity contribution in [2.45, 2.75) is 71.6 Å². The molecule has 0 radical (unpaired) electrons. The lowest BCUT2D eigenvalue weighted by molar-refractivity contribution is 0.513. The summed E-state index contributed by atoms with van der Waals surface area (Å²) in [5.74, 6) is 0.735. The Morgan fingerprint density at radius 1 is 1.28 bits per heavy atom. The Labute approximate surface area is 117 Å². The normalized spacial score (nSPS) is 16.9. The van der Waals surface area contributed by atoms with Crippen LogP contribution < -0.4 is 0 Å². The third kappa shape index (κ3) is 4.88. The predicted octanol–water partition coefficient (Wildman–Crippen LogP) is 5.89. The molecule has 18 heavy (non-hydrogen) atoms. The molecule has 0 aliphatic heterocycles. The van der Waals surface area contributed by atoms with Gasteiger partial charge >= 0.3 is 0 Å². The number of unbranched alkanes of at least 4 members (excludes halogenated alkanes) is 1. The minimum absolute atomic E-state index is 0.735. The van der Waals surface area contributed by atoms with Gasteiger partial charge < -0.3 is 0 Å². The monoisotopic (exact) mass is 266 g/mol. The minimum Gasteiger partial charge on any atom is -0.133 e. The Kier molecular flexibility index (Phi) is 7.91. The molecule has 0 aromatic carbocycles. The summed E-state index contributed by atoms with van der Waals surface area (Å²) in [6.07, 6.45) is 13.2. The summed E-state index contributed by atoms with van der Waals surface area (Å²) >= 11 is 0. The van der Waals surface area contributed by atoms with Crippen LogP contribution in [0.2, 0.25) is 0 Å². The summed E-state index contributed by atoms with van der Waals surface area (Å²) in [7, 11) is 2.95. The Morgan fingerprint density at radius 3 is 2.44 bits per heavy atom. The van der Waals surface area contributed by atoms with Gasteiger partial charge in [0.05, 0.1) is 0 Å². The summed E-state index contributed by atoms with van der Waals surface area (Å²) in [6.45, 7) is 8.85. The quantitative estimate of drug-likeness (QED) is 0.379. The van der Waals surface area contributed by atoms with Crippen LogP contribution in [0.5, 0.6) is 0 Å². The van der Waals surface area contributed by atoms with Crippen molar-refractivity contribution >= 4 is 9.24 Å². The highest BCUT2D eigenvalue weighted by molar-refractivity contribution is 7.16. The summed E-state index contributed by atoms with van der Waals surface area (Å²) < 4.78 is 0. The molecule has 0 nitrogen and oxygen atoms in total. The highest BCUT2D eigenvalue weighted by atomic mass is 31.0. The summed E-state index contributed by atoms with van der Waals surface area (Å²) in [5, 5.41) is 0. The largest absolute Gasteiger partial charge is 0.133 e. The van der Waals surface area contributed by atoms with E-state index in [9.17, 15) is 0 Å². The van der Waals surface area contributed by atoms with Gasteiger partial charge in [-0.1, -0.05) is 50.0 Å². The van der Waals surface area contributed by atoms with Crippen molar-refractivity contribution in [3.8, 4) is 0 Å². The second-order valence-electron chi connectivity index (χ2n) is 5.67. The summed E-state index contributed by atoms with van der Waals surface area (Å²) in [4.78, 5) is 0. The molecule has 0 heterocycles. The van der Waals surface area contributed by atoms with E-state index in [1.54, 1.807) is 11.1 Å². The first kappa shape index (κ1) is 16.0. The topological polar surface area (TPSA) is 0 Å². The first-order valence-electron chi connectivity index (χ1n) is 7.80. The zero-order chi connectivity index (χ0) is 13.4. The Hall–Kier alpha value is -0.0900. The Morgan fingerprint density at radius 2 is 1.94 bits per heavy atom. The zero-order valence-electron chi connectivity index (χ0n) is 12.4. The smallest absolute Gasteiger partial charge is 0.0167 e. The Bertz CT molecular complexity index is 280. The first-order chi connectivity index (χ1) is 8.72. The van der Waals surface area contributed by atoms with E-state index in [1.165, 1.54) is 63.1 Å². The standard InChI is InChI=1S/C17H31P/c1-4-6-9-16(14(3)5-2)12-17(13-18)15-10-7-8-11-15/h16H,3-13,18H2,1-2H3. The van der Waals surface area contributed by atoms with Crippen LogP contribution >= 0.6 is 9.24 Å². The van der Waals surface area contributed by atoms with E-state index in [0.717, 1.165) is 12.3 Å². The molecule has 1 fully saturated rings. The van der Waals surface area contributed by atoms with Crippen molar-refractivity contribution in [1.82, 2.24) is 0 Å². The van der Waals surface area contributed by atoms with Gasteiger partial charge in [-0.25, -0.2) is 0 Å². The van der Waals surface area contributed by atoms with Gasteiger partial charge in [0.15, 0.2) is 0 Å². The predicted molar refractivity (Wildman–Crippen MR) is 87.1 cm³/mol. The van der Waals surface area contributed by atoms with E-state index >= 15 is 0 Å². The van der Waals surface area contributed by atoms with Crippen molar-refractivity contribution in [2.75, 3.05) is 6.16 Å². The van der Waals surface area contributed by atoms with Gasteiger partial charge in [0.1, 0.15) is 0 Å². The van der Waals surface area contributed by atoms with Crippen molar-refractivity contribution in [3.05, 3.63) is 23.3 Å². The molecule has 1 aliphatic rings. The second-order valence-corrected chi connectivity index (χ2v) is 6.08. The molecule has 1 saturated carbocycles. The molecule has 0 saturated heterocycles. The van der Waals surface area contributed by atoms with Crippen molar-refractivity contribution < 1.29 is 0 Å². The zero-order valence-corrected chi connectivity index (χ0v) is 13.6. The van der Waals surface area contributed by atoms with Crippen LogP contribution in [-0.2, 0) is 0 Å². The second kappa shape index (κ2) is 8.92. The van der Waals surface area contributed by atoms with Crippen LogP contribution in [0, 0.1) is 5.92 Å². The van der Waals surface area contributed by atoms with Gasteiger partial charge in [-0.05, 0) is 57.0 Å². The van der Waals surface area contributed by atoms with E-state index in [0.29, 0.717) is 0 Å². The fraction of sp³-hybridized carbons (Fsp3) is 0.765. The summed E-state index contributed by atoms with van der Waals surface area (Å²) in [6, 6.07) is 0. The number of hydrogen-bond acceptors (Lipinski definition) is 0. The fourth-order valence-corrected chi connectivity index (χ4v) is 3.47. The molecular formula is C17H31P. The molecule has 1 aliphatic carbocycles. The van der Waals surface area contributed by atoms with Crippen molar-refractivity contribution in [1.29, 1.82) is 0 Å². The fourth-order valence-electron chi connectivity index (χ4n) is 3.01. The lowest BCUT2D eigenvalue weighted by Crippen LogP contribution is -2.07. The third-order valence-corrected chi connectivity index (χ3v) is 4.88. The van der Waals surface area contributed by atoms with E-state index in [1.807, 2.05) is 0 Å². The highest BCUT2D eigenvalue weighted by Crippen LogP contribution is 2.34. The molecule has 1 heteroatoms. The lowest BCUT2D eigenvalue weighted by Gasteiger charge is -2.21. The average molecular weight is 266 g/mol. The number of allylic oxidation sites excluding steroid dienone is 3. The minimum atomic E-state index is 0.735. The molecule has 0 aromatic rings. The number of hydrogen-bond donors (Lipinski definition) is 0. The maximum absolute atomic E-state index is 4.31. The van der Waals surface area contributed by atoms with Gasteiger partial charge in [-0.15, -0.1) is 9.24 Å². The number of rotatable bonds is 8. The van der Waals surface area contributed by atoms with Gasteiger partial charge in [-0.3, -0.25) is 0 Å². The first-order valence-corrected chi connectivity index (χ1v) is 8.62. The van der Waals surface area contributed by atoms with Crippen LogP contribution in [-0.4, -0.2) is 6.16 Å².